The summed E-state index contributed by atoms with van der Waals surface area (Å²) < 4.78 is 11.3. The summed E-state index contributed by atoms with van der Waals surface area (Å²) in [7, 11) is 0. The molecule has 1 heterocycles. The van der Waals surface area contributed by atoms with Crippen LogP contribution in [-0.2, 0) is 4.79 Å². The van der Waals surface area contributed by atoms with Gasteiger partial charge in [-0.1, -0.05) is 12.1 Å². The first-order valence-corrected chi connectivity index (χ1v) is 8.19. The molecule has 2 aromatic rings. The minimum atomic E-state index is -0.250. The fraction of sp³-hybridized carbons (Fsp3) is 0.222. The Hall–Kier alpha value is -2.60. The first kappa shape index (κ1) is 16.3. The molecule has 2 aromatic carbocycles. The highest BCUT2D eigenvalue weighted by Crippen LogP contribution is 2.33. The van der Waals surface area contributed by atoms with E-state index in [9.17, 15) is 4.79 Å². The summed E-state index contributed by atoms with van der Waals surface area (Å²) in [5, 5.41) is 7.73. The molecule has 0 aliphatic carbocycles. The van der Waals surface area contributed by atoms with E-state index in [1.165, 1.54) is 0 Å². The average Bonchev–Trinajstić information content (AvgIpc) is 2.88. The molecule has 6 heteroatoms. The van der Waals surface area contributed by atoms with Crippen LogP contribution in [0.1, 0.15) is 19.4 Å². The molecule has 3 rings (SSSR count). The smallest absolute Gasteiger partial charge is 0.273 e. The topological polar surface area (TPSA) is 59.6 Å². The third-order valence-electron chi connectivity index (χ3n) is 3.61. The van der Waals surface area contributed by atoms with Crippen LogP contribution in [0, 0.1) is 0 Å². The molecule has 0 radical (unpaired) electrons. The van der Waals surface area contributed by atoms with Crippen molar-refractivity contribution in [1.82, 2.24) is 10.6 Å². The van der Waals surface area contributed by atoms with Gasteiger partial charge in [-0.3, -0.25) is 10.1 Å². The normalized spacial score (nSPS) is 15.5. The minimum Gasteiger partial charge on any atom is -0.494 e. The number of nitrogens with one attached hydrogen (secondary N) is 2. The van der Waals surface area contributed by atoms with E-state index in [0.717, 1.165) is 22.1 Å². The van der Waals surface area contributed by atoms with E-state index in [0.29, 0.717) is 29.8 Å². The molecule has 1 aliphatic rings. The lowest BCUT2D eigenvalue weighted by molar-refractivity contribution is -0.115. The van der Waals surface area contributed by atoms with Crippen LogP contribution in [0.4, 0.5) is 0 Å². The molecule has 0 aromatic heterocycles. The summed E-state index contributed by atoms with van der Waals surface area (Å²) in [5.74, 6) is 1.23. The number of carbonyl (C=O) groups is 1. The Morgan fingerprint density at radius 1 is 1.08 bits per heavy atom. The van der Waals surface area contributed by atoms with Crippen molar-refractivity contribution in [3.63, 3.8) is 0 Å². The quantitative estimate of drug-likeness (QED) is 0.646. The Bertz CT molecular complexity index is 840. The van der Waals surface area contributed by atoms with Crippen LogP contribution in [0.25, 0.3) is 16.8 Å². The number of benzene rings is 2. The Morgan fingerprint density at radius 2 is 1.83 bits per heavy atom. The largest absolute Gasteiger partial charge is 0.494 e. The zero-order valence-electron chi connectivity index (χ0n) is 13.5. The molecule has 0 unspecified atom stereocenters. The highest BCUT2D eigenvalue weighted by Gasteiger charge is 2.21. The predicted molar refractivity (Wildman–Crippen MR) is 98.1 cm³/mol. The highest BCUT2D eigenvalue weighted by molar-refractivity contribution is 7.80. The lowest BCUT2D eigenvalue weighted by atomic mass is 10.0. The molecule has 0 atom stereocenters. The molecule has 1 aliphatic heterocycles. The maximum absolute atomic E-state index is 12.0. The third-order valence-corrected chi connectivity index (χ3v) is 3.82. The molecule has 1 fully saturated rings. The Balaban J connectivity index is 2.19. The Kier molecular flexibility index (Phi) is 4.66. The molecular formula is C18H18N2O3S. The standard InChI is InChI=1S/C18H18N2O3S/c1-3-22-12-7-5-11-6-8-16(23-4-2)14(13(11)9-12)10-15-17(21)20-18(24)19-15/h5-10H,3-4H2,1-2H3,(H2,19,20,21,24)/b15-10+. The van der Waals surface area contributed by atoms with Gasteiger partial charge in [-0.15, -0.1) is 0 Å². The molecular weight excluding hydrogens is 324 g/mol. The lowest BCUT2D eigenvalue weighted by Gasteiger charge is -2.12. The zero-order chi connectivity index (χ0) is 17.1. The second-order valence-corrected chi connectivity index (χ2v) is 5.60. The van der Waals surface area contributed by atoms with Gasteiger partial charge in [0, 0.05) is 5.56 Å². The van der Waals surface area contributed by atoms with Crippen LogP contribution in [-0.4, -0.2) is 24.2 Å². The molecule has 0 spiro atoms. The van der Waals surface area contributed by atoms with Gasteiger partial charge in [-0.05, 0) is 61.1 Å². The van der Waals surface area contributed by atoms with E-state index in [1.54, 1.807) is 6.08 Å². The summed E-state index contributed by atoms with van der Waals surface area (Å²) in [5.41, 5.74) is 1.22. The Morgan fingerprint density at radius 3 is 2.50 bits per heavy atom. The first-order chi connectivity index (χ1) is 11.6. The second kappa shape index (κ2) is 6.88. The fourth-order valence-electron chi connectivity index (χ4n) is 2.62. The van der Waals surface area contributed by atoms with Gasteiger partial charge in [0.25, 0.3) is 5.91 Å². The number of carbonyl (C=O) groups excluding carboxylic acids is 1. The van der Waals surface area contributed by atoms with Crippen LogP contribution < -0.4 is 20.1 Å². The van der Waals surface area contributed by atoms with Crippen molar-refractivity contribution in [2.75, 3.05) is 13.2 Å². The number of fused-ring (bicyclic) bond motifs is 1. The highest BCUT2D eigenvalue weighted by atomic mass is 32.1. The van der Waals surface area contributed by atoms with E-state index in [4.69, 9.17) is 21.7 Å². The van der Waals surface area contributed by atoms with Gasteiger partial charge in [-0.25, -0.2) is 0 Å². The van der Waals surface area contributed by atoms with Gasteiger partial charge < -0.3 is 14.8 Å². The minimum absolute atomic E-state index is 0.250. The molecule has 124 valence electrons. The number of thiocarbonyl (C=S) groups is 1. The van der Waals surface area contributed by atoms with Crippen LogP contribution in [0.15, 0.2) is 36.0 Å². The van der Waals surface area contributed by atoms with Gasteiger partial charge in [0.1, 0.15) is 17.2 Å². The van der Waals surface area contributed by atoms with Crippen molar-refractivity contribution in [3.05, 3.63) is 41.6 Å². The van der Waals surface area contributed by atoms with Crippen molar-refractivity contribution in [2.45, 2.75) is 13.8 Å². The van der Waals surface area contributed by atoms with Crippen LogP contribution in [0.5, 0.6) is 11.5 Å². The van der Waals surface area contributed by atoms with Crippen LogP contribution in [0.3, 0.4) is 0 Å². The van der Waals surface area contributed by atoms with E-state index in [-0.39, 0.29) is 5.91 Å². The number of hydrogen-bond donors (Lipinski definition) is 2. The SMILES string of the molecule is CCOc1ccc2ccc(OCC)c(/C=C3/NC(=S)NC3=O)c2c1. The lowest BCUT2D eigenvalue weighted by Crippen LogP contribution is -2.21. The molecule has 5 nitrogen and oxygen atoms in total. The van der Waals surface area contributed by atoms with E-state index < -0.39 is 0 Å². The van der Waals surface area contributed by atoms with Crippen LogP contribution >= 0.6 is 12.2 Å². The van der Waals surface area contributed by atoms with Crippen molar-refractivity contribution >= 4 is 40.1 Å². The first-order valence-electron chi connectivity index (χ1n) is 7.78. The summed E-state index contributed by atoms with van der Waals surface area (Å²) in [4.78, 5) is 12.0. The summed E-state index contributed by atoms with van der Waals surface area (Å²) >= 11 is 4.99. The van der Waals surface area contributed by atoms with Crippen molar-refractivity contribution in [2.24, 2.45) is 0 Å². The van der Waals surface area contributed by atoms with E-state index in [2.05, 4.69) is 10.6 Å². The van der Waals surface area contributed by atoms with Gasteiger partial charge in [0.05, 0.1) is 13.2 Å². The molecule has 2 N–H and O–H groups in total. The third kappa shape index (κ3) is 3.19. The molecule has 24 heavy (non-hydrogen) atoms. The summed E-state index contributed by atoms with van der Waals surface area (Å²) in [6.45, 7) is 4.99. The average molecular weight is 342 g/mol. The Labute approximate surface area is 145 Å². The van der Waals surface area contributed by atoms with Crippen molar-refractivity contribution < 1.29 is 14.3 Å². The summed E-state index contributed by atoms with van der Waals surface area (Å²) in [6, 6.07) is 9.77. The number of amides is 1. The molecule has 1 saturated heterocycles. The number of rotatable bonds is 5. The van der Waals surface area contributed by atoms with Gasteiger partial charge in [0.15, 0.2) is 5.11 Å². The van der Waals surface area contributed by atoms with Crippen molar-refractivity contribution in [1.29, 1.82) is 0 Å². The monoisotopic (exact) mass is 342 g/mol. The second-order valence-electron chi connectivity index (χ2n) is 5.19. The van der Waals surface area contributed by atoms with E-state index in [1.807, 2.05) is 44.2 Å². The van der Waals surface area contributed by atoms with Crippen molar-refractivity contribution in [3.8, 4) is 11.5 Å². The predicted octanol–water partition coefficient (Wildman–Crippen LogP) is 2.98. The van der Waals surface area contributed by atoms with Gasteiger partial charge in [-0.2, -0.15) is 0 Å². The number of hydrogen-bond acceptors (Lipinski definition) is 4. The molecule has 0 bridgehead atoms. The maximum atomic E-state index is 12.0. The van der Waals surface area contributed by atoms with E-state index >= 15 is 0 Å². The summed E-state index contributed by atoms with van der Waals surface area (Å²) in [6.07, 6.45) is 1.76. The molecule has 1 amide bonds. The zero-order valence-corrected chi connectivity index (χ0v) is 14.3. The van der Waals surface area contributed by atoms with Gasteiger partial charge in [0.2, 0.25) is 0 Å². The van der Waals surface area contributed by atoms with Gasteiger partial charge >= 0.3 is 0 Å². The molecule has 0 saturated carbocycles. The number of ether oxygens (including phenoxy) is 2. The fourth-order valence-corrected chi connectivity index (χ4v) is 2.82. The van der Waals surface area contributed by atoms with Crippen LogP contribution in [0.2, 0.25) is 0 Å². The maximum Gasteiger partial charge on any atom is 0.273 e.